The fourth-order valence-electron chi connectivity index (χ4n) is 5.28. The molecule has 180 valence electrons. The third kappa shape index (κ3) is 3.76. The molecule has 1 amide bonds. The highest BCUT2D eigenvalue weighted by Crippen LogP contribution is 2.36. The van der Waals surface area contributed by atoms with Gasteiger partial charge in [0.1, 0.15) is 0 Å². The number of nitrogens with one attached hydrogen (secondary N) is 2. The molecule has 35 heavy (non-hydrogen) atoms. The lowest BCUT2D eigenvalue weighted by Crippen LogP contribution is -2.61. The Hall–Kier alpha value is -3.72. The van der Waals surface area contributed by atoms with Gasteiger partial charge < -0.3 is 24.7 Å². The van der Waals surface area contributed by atoms with E-state index in [0.29, 0.717) is 33.9 Å². The van der Waals surface area contributed by atoms with Crippen LogP contribution in [0.3, 0.4) is 0 Å². The van der Waals surface area contributed by atoms with Crippen molar-refractivity contribution in [1.82, 2.24) is 19.7 Å². The fourth-order valence-corrected chi connectivity index (χ4v) is 5.28. The van der Waals surface area contributed by atoms with Crippen molar-refractivity contribution in [3.8, 4) is 5.88 Å². The number of piperidine rings is 1. The maximum Gasteiger partial charge on any atom is 0.257 e. The fraction of sp³-hybridized carbons (Fsp3) is 0.346. The van der Waals surface area contributed by atoms with E-state index < -0.39 is 5.82 Å². The van der Waals surface area contributed by atoms with Gasteiger partial charge in [0.15, 0.2) is 11.5 Å². The molecule has 5 heterocycles. The van der Waals surface area contributed by atoms with Crippen molar-refractivity contribution >= 4 is 33.8 Å². The van der Waals surface area contributed by atoms with Gasteiger partial charge in [-0.05, 0) is 50.9 Å². The monoisotopic (exact) mass is 474 g/mol. The quantitative estimate of drug-likeness (QED) is 0.467. The molecule has 0 saturated carbocycles. The summed E-state index contributed by atoms with van der Waals surface area (Å²) >= 11 is 0. The van der Waals surface area contributed by atoms with Crippen LogP contribution in [0.15, 0.2) is 42.7 Å². The van der Waals surface area contributed by atoms with Crippen LogP contribution in [0.2, 0.25) is 0 Å². The highest BCUT2D eigenvalue weighted by atomic mass is 19.1. The van der Waals surface area contributed by atoms with Crippen LogP contribution in [0, 0.1) is 12.7 Å². The lowest BCUT2D eigenvalue weighted by atomic mass is 9.79. The topological polar surface area (TPSA) is 83.8 Å². The Labute approximate surface area is 202 Å². The number of benzene rings is 1. The van der Waals surface area contributed by atoms with Gasteiger partial charge in [-0.25, -0.2) is 14.4 Å². The zero-order valence-electron chi connectivity index (χ0n) is 19.8. The highest BCUT2D eigenvalue weighted by molar-refractivity contribution is 6.14. The molecule has 1 spiro atoms. The Morgan fingerprint density at radius 3 is 2.66 bits per heavy atom. The number of aryl methyl sites for hydroxylation is 1. The molecule has 1 aromatic carbocycles. The highest BCUT2D eigenvalue weighted by Gasteiger charge is 2.39. The zero-order chi connectivity index (χ0) is 24.2. The Morgan fingerprint density at radius 2 is 1.94 bits per heavy atom. The normalized spacial score (nSPS) is 17.1. The first kappa shape index (κ1) is 21.8. The van der Waals surface area contributed by atoms with E-state index in [1.54, 1.807) is 36.9 Å². The zero-order valence-corrected chi connectivity index (χ0v) is 19.8. The minimum atomic E-state index is -0.500. The number of anilines is 2. The SMILES string of the molecule is COc1ccc2c(N3CCC4(CCN4)CC3)ccc(C(=O)Nc3cc(F)c4nc(C)cn4c3)c2n1. The smallest absolute Gasteiger partial charge is 0.257 e. The van der Waals surface area contributed by atoms with Crippen molar-refractivity contribution in [2.24, 2.45) is 0 Å². The molecule has 3 aromatic heterocycles. The number of pyridine rings is 2. The summed E-state index contributed by atoms with van der Waals surface area (Å²) < 4.78 is 21.5. The molecule has 2 fully saturated rings. The molecule has 0 aliphatic carbocycles. The minimum absolute atomic E-state index is 0.224. The van der Waals surface area contributed by atoms with Gasteiger partial charge in [-0.15, -0.1) is 0 Å². The second kappa shape index (κ2) is 8.20. The number of aromatic nitrogens is 3. The number of nitrogens with zero attached hydrogens (tertiary/aromatic N) is 4. The lowest BCUT2D eigenvalue weighted by molar-refractivity contribution is 0.102. The second-order valence-corrected chi connectivity index (χ2v) is 9.47. The molecule has 2 aliphatic rings. The molecule has 0 radical (unpaired) electrons. The average Bonchev–Trinajstić information content (AvgIpc) is 3.22. The number of amides is 1. The van der Waals surface area contributed by atoms with Gasteiger partial charge in [0.25, 0.3) is 5.91 Å². The third-order valence-corrected chi connectivity index (χ3v) is 7.31. The molecular formula is C26H27FN6O2. The van der Waals surface area contributed by atoms with Gasteiger partial charge >= 0.3 is 0 Å². The summed E-state index contributed by atoms with van der Waals surface area (Å²) in [6.07, 6.45) is 6.81. The van der Waals surface area contributed by atoms with Gasteiger partial charge in [-0.3, -0.25) is 4.79 Å². The number of carbonyl (C=O) groups excluding carboxylic acids is 1. The van der Waals surface area contributed by atoms with E-state index >= 15 is 0 Å². The Bertz CT molecular complexity index is 1450. The van der Waals surface area contributed by atoms with Crippen LogP contribution in [0.4, 0.5) is 15.8 Å². The molecule has 9 heteroatoms. The molecule has 2 N–H and O–H groups in total. The number of methoxy groups -OCH3 is 1. The van der Waals surface area contributed by atoms with Crippen molar-refractivity contribution in [3.05, 3.63) is 59.8 Å². The van der Waals surface area contributed by atoms with Crippen LogP contribution in [-0.4, -0.2) is 52.6 Å². The predicted molar refractivity (Wildman–Crippen MR) is 133 cm³/mol. The van der Waals surface area contributed by atoms with E-state index in [1.165, 1.54) is 12.5 Å². The Morgan fingerprint density at radius 1 is 1.14 bits per heavy atom. The number of hydrogen-bond donors (Lipinski definition) is 2. The largest absolute Gasteiger partial charge is 0.481 e. The van der Waals surface area contributed by atoms with Crippen LogP contribution in [-0.2, 0) is 0 Å². The second-order valence-electron chi connectivity index (χ2n) is 9.47. The minimum Gasteiger partial charge on any atom is -0.481 e. The standard InChI is InChI=1S/C26H27FN6O2/c1-16-14-33-15-17(13-20(27)24(33)29-16)30-25(34)19-3-5-21(18-4-6-22(35-2)31-23(18)19)32-11-8-26(9-12-32)7-10-28-26/h3-6,13-15,28H,7-12H2,1-2H3,(H,30,34). The van der Waals surface area contributed by atoms with E-state index in [0.717, 1.165) is 43.5 Å². The van der Waals surface area contributed by atoms with Crippen LogP contribution >= 0.6 is 0 Å². The Balaban J connectivity index is 1.34. The molecule has 0 bridgehead atoms. The van der Waals surface area contributed by atoms with E-state index in [9.17, 15) is 9.18 Å². The summed E-state index contributed by atoms with van der Waals surface area (Å²) in [5.74, 6) is -0.435. The summed E-state index contributed by atoms with van der Waals surface area (Å²) in [6.45, 7) is 4.79. The first-order chi connectivity index (χ1) is 16.9. The lowest BCUT2D eigenvalue weighted by Gasteiger charge is -2.49. The molecule has 6 rings (SSSR count). The number of carbonyl (C=O) groups is 1. The van der Waals surface area contributed by atoms with Crippen molar-refractivity contribution in [2.75, 3.05) is 37.0 Å². The number of hydrogen-bond acceptors (Lipinski definition) is 6. The third-order valence-electron chi connectivity index (χ3n) is 7.31. The molecule has 2 aliphatic heterocycles. The average molecular weight is 475 g/mol. The van der Waals surface area contributed by atoms with Gasteiger partial charge in [0.2, 0.25) is 5.88 Å². The maximum absolute atomic E-state index is 14.5. The molecular weight excluding hydrogens is 447 g/mol. The number of imidazole rings is 1. The summed E-state index contributed by atoms with van der Waals surface area (Å²) in [5.41, 5.74) is 3.58. The van der Waals surface area contributed by atoms with E-state index in [2.05, 4.69) is 25.5 Å². The van der Waals surface area contributed by atoms with Crippen molar-refractivity contribution in [1.29, 1.82) is 0 Å². The van der Waals surface area contributed by atoms with Crippen LogP contribution in [0.25, 0.3) is 16.6 Å². The van der Waals surface area contributed by atoms with Crippen molar-refractivity contribution in [3.63, 3.8) is 0 Å². The summed E-state index contributed by atoms with van der Waals surface area (Å²) in [7, 11) is 1.55. The molecule has 4 aromatic rings. The number of halogens is 1. The van der Waals surface area contributed by atoms with E-state index in [-0.39, 0.29) is 11.6 Å². The van der Waals surface area contributed by atoms with Crippen LogP contribution in [0.1, 0.15) is 35.3 Å². The summed E-state index contributed by atoms with van der Waals surface area (Å²) in [6, 6.07) is 8.83. The number of rotatable bonds is 4. The van der Waals surface area contributed by atoms with Crippen LogP contribution in [0.5, 0.6) is 5.88 Å². The molecule has 2 saturated heterocycles. The van der Waals surface area contributed by atoms with Gasteiger partial charge in [0, 0.05) is 54.2 Å². The first-order valence-electron chi connectivity index (χ1n) is 11.9. The summed E-state index contributed by atoms with van der Waals surface area (Å²) in [5, 5.41) is 7.32. The molecule has 0 unspecified atom stereocenters. The summed E-state index contributed by atoms with van der Waals surface area (Å²) in [4.78, 5) is 24.5. The first-order valence-corrected chi connectivity index (χ1v) is 11.9. The van der Waals surface area contributed by atoms with Gasteiger partial charge in [-0.2, -0.15) is 0 Å². The van der Waals surface area contributed by atoms with E-state index in [4.69, 9.17) is 4.74 Å². The van der Waals surface area contributed by atoms with Crippen molar-refractivity contribution < 1.29 is 13.9 Å². The van der Waals surface area contributed by atoms with Gasteiger partial charge in [-0.1, -0.05) is 0 Å². The molecule has 0 atom stereocenters. The Kier molecular flexibility index (Phi) is 5.10. The van der Waals surface area contributed by atoms with Crippen LogP contribution < -0.4 is 20.3 Å². The van der Waals surface area contributed by atoms with E-state index in [1.807, 2.05) is 18.2 Å². The van der Waals surface area contributed by atoms with Crippen molar-refractivity contribution in [2.45, 2.75) is 31.7 Å². The number of ether oxygens (including phenoxy) is 1. The number of fused-ring (bicyclic) bond motifs is 2. The van der Waals surface area contributed by atoms with Gasteiger partial charge in [0.05, 0.1) is 29.6 Å². The molecule has 8 nitrogen and oxygen atoms in total. The predicted octanol–water partition coefficient (Wildman–Crippen LogP) is 3.92. The maximum atomic E-state index is 14.5.